The Bertz CT molecular complexity index is 555. The topological polar surface area (TPSA) is 54.5 Å². The van der Waals surface area contributed by atoms with Gasteiger partial charge in [-0.25, -0.2) is 15.0 Å². The minimum atomic E-state index is 0.641. The smallest absolute Gasteiger partial charge is 0.181 e. The Morgan fingerprint density at radius 3 is 2.75 bits per heavy atom. The normalized spacial score (nSPS) is 16.2. The van der Waals surface area contributed by atoms with E-state index >= 15 is 0 Å². The molecule has 16 heavy (non-hydrogen) atoms. The van der Waals surface area contributed by atoms with Crippen LogP contribution in [-0.2, 0) is 0 Å². The van der Waals surface area contributed by atoms with E-state index in [1.54, 1.807) is 6.33 Å². The minimum Gasteiger partial charge on any atom is -0.341 e. The molecule has 2 aromatic rings. The predicted molar refractivity (Wildman–Crippen MR) is 59.0 cm³/mol. The molecule has 0 amide bonds. The van der Waals surface area contributed by atoms with E-state index in [1.165, 1.54) is 6.33 Å². The summed E-state index contributed by atoms with van der Waals surface area (Å²) in [6, 6.07) is 0. The summed E-state index contributed by atoms with van der Waals surface area (Å²) in [5, 5.41) is 0. The van der Waals surface area contributed by atoms with E-state index in [1.807, 2.05) is 25.7 Å². The van der Waals surface area contributed by atoms with Crippen LogP contribution in [0.1, 0.15) is 5.69 Å². The van der Waals surface area contributed by atoms with Crippen LogP contribution in [0, 0.1) is 43.4 Å². The van der Waals surface area contributed by atoms with Gasteiger partial charge in [0.15, 0.2) is 5.65 Å². The maximum atomic E-state index is 4.12. The second-order valence-corrected chi connectivity index (χ2v) is 3.25. The molecule has 0 bridgehead atoms. The molecule has 1 saturated carbocycles. The van der Waals surface area contributed by atoms with Crippen LogP contribution >= 0.6 is 0 Å². The molecule has 1 N–H and O–H groups in total. The number of nitrogens with zero attached hydrogens (tertiary/aromatic N) is 3. The van der Waals surface area contributed by atoms with Gasteiger partial charge in [0, 0.05) is 0 Å². The molecule has 3 rings (SSSR count). The first-order chi connectivity index (χ1) is 7.93. The SMILES string of the molecule is C(#Cc1ncnc2nc[nH]c12)[C]1[CH][CH][CH][CH]1. The van der Waals surface area contributed by atoms with E-state index in [0.717, 1.165) is 11.4 Å². The predicted octanol–water partition coefficient (Wildman–Crippen LogP) is 1.11. The average Bonchev–Trinajstić information content (AvgIpc) is 2.97. The Morgan fingerprint density at radius 1 is 1.00 bits per heavy atom. The summed E-state index contributed by atoms with van der Waals surface area (Å²) in [5.74, 6) is 7.02. The van der Waals surface area contributed by atoms with Gasteiger partial charge >= 0.3 is 0 Å². The van der Waals surface area contributed by atoms with E-state index in [9.17, 15) is 0 Å². The van der Waals surface area contributed by atoms with Crippen molar-refractivity contribution in [3.8, 4) is 11.8 Å². The number of imidazole rings is 1. The van der Waals surface area contributed by atoms with Crippen LogP contribution in [0.15, 0.2) is 12.7 Å². The summed E-state index contributed by atoms with van der Waals surface area (Å²) in [5.41, 5.74) is 2.09. The molecule has 0 aromatic carbocycles. The van der Waals surface area contributed by atoms with Gasteiger partial charge in [-0.1, -0.05) is 5.92 Å². The van der Waals surface area contributed by atoms with Crippen molar-refractivity contribution in [1.82, 2.24) is 19.9 Å². The first kappa shape index (κ1) is 9.34. The summed E-state index contributed by atoms with van der Waals surface area (Å²) in [6.45, 7) is 0. The van der Waals surface area contributed by atoms with Crippen molar-refractivity contribution in [3.63, 3.8) is 0 Å². The number of hydrogen-bond donors (Lipinski definition) is 1. The van der Waals surface area contributed by atoms with Crippen LogP contribution in [-0.4, -0.2) is 19.9 Å². The Balaban J connectivity index is 1.96. The van der Waals surface area contributed by atoms with Crippen LogP contribution in [0.5, 0.6) is 0 Å². The molecule has 2 heterocycles. The maximum Gasteiger partial charge on any atom is 0.181 e. The van der Waals surface area contributed by atoms with Gasteiger partial charge in [-0.3, -0.25) is 0 Å². The standard InChI is InChI=1S/C12H7N4/c1-2-4-9(3-1)5-6-10-11-12(15-7-13-10)16-8-14-11/h1-4,7-8H,(H,13,14,15,16). The lowest BCUT2D eigenvalue weighted by molar-refractivity contribution is 1.18. The average molecular weight is 207 g/mol. The second-order valence-electron chi connectivity index (χ2n) is 3.25. The zero-order valence-electron chi connectivity index (χ0n) is 8.31. The molecule has 0 spiro atoms. The summed E-state index contributed by atoms with van der Waals surface area (Å²) in [6.07, 6.45) is 10.9. The molecule has 1 aliphatic carbocycles. The van der Waals surface area contributed by atoms with Gasteiger partial charge in [0.25, 0.3) is 0 Å². The molecule has 0 unspecified atom stereocenters. The van der Waals surface area contributed by atoms with E-state index in [4.69, 9.17) is 0 Å². The van der Waals surface area contributed by atoms with Gasteiger partial charge in [0.05, 0.1) is 12.2 Å². The summed E-state index contributed by atoms with van der Waals surface area (Å²) >= 11 is 0. The summed E-state index contributed by atoms with van der Waals surface area (Å²) in [4.78, 5) is 15.2. The minimum absolute atomic E-state index is 0.641. The Kier molecular flexibility index (Phi) is 2.30. The molecule has 5 radical (unpaired) electrons. The van der Waals surface area contributed by atoms with E-state index in [0.29, 0.717) is 11.3 Å². The molecule has 2 aromatic heterocycles. The quantitative estimate of drug-likeness (QED) is 0.658. The fourth-order valence-corrected chi connectivity index (χ4v) is 1.45. The van der Waals surface area contributed by atoms with Crippen molar-refractivity contribution in [2.75, 3.05) is 0 Å². The van der Waals surface area contributed by atoms with Gasteiger partial charge in [0.1, 0.15) is 17.5 Å². The lowest BCUT2D eigenvalue weighted by Crippen LogP contribution is -1.90. The number of hydrogen-bond acceptors (Lipinski definition) is 3. The summed E-state index contributed by atoms with van der Waals surface area (Å²) < 4.78 is 0. The fourth-order valence-electron chi connectivity index (χ4n) is 1.45. The molecule has 4 nitrogen and oxygen atoms in total. The zero-order chi connectivity index (χ0) is 10.8. The Hall–Kier alpha value is -1.89. The number of rotatable bonds is 0. The monoisotopic (exact) mass is 207 g/mol. The maximum absolute atomic E-state index is 4.12. The van der Waals surface area contributed by atoms with Crippen LogP contribution in [0.2, 0.25) is 0 Å². The van der Waals surface area contributed by atoms with Gasteiger partial charge < -0.3 is 4.98 Å². The van der Waals surface area contributed by atoms with Gasteiger partial charge in [-0.2, -0.15) is 0 Å². The van der Waals surface area contributed by atoms with Crippen molar-refractivity contribution in [3.05, 3.63) is 49.9 Å². The number of nitrogens with one attached hydrogen (secondary N) is 1. The third-order valence-corrected chi connectivity index (χ3v) is 2.21. The highest BCUT2D eigenvalue weighted by atomic mass is 15.0. The molecule has 1 fully saturated rings. The molecule has 4 heteroatoms. The molecule has 1 aliphatic rings. The van der Waals surface area contributed by atoms with Gasteiger partial charge in [0.2, 0.25) is 0 Å². The second kappa shape index (κ2) is 3.93. The zero-order valence-corrected chi connectivity index (χ0v) is 8.31. The third kappa shape index (κ3) is 1.65. The van der Waals surface area contributed by atoms with Crippen LogP contribution in [0.3, 0.4) is 0 Å². The van der Waals surface area contributed by atoms with Crippen molar-refractivity contribution in [2.24, 2.45) is 0 Å². The Morgan fingerprint density at radius 2 is 1.88 bits per heavy atom. The number of fused-ring (bicyclic) bond motifs is 1. The van der Waals surface area contributed by atoms with Crippen molar-refractivity contribution in [2.45, 2.75) is 0 Å². The van der Waals surface area contributed by atoms with Crippen molar-refractivity contribution < 1.29 is 0 Å². The van der Waals surface area contributed by atoms with E-state index in [-0.39, 0.29) is 0 Å². The highest BCUT2D eigenvalue weighted by Crippen LogP contribution is 2.21. The van der Waals surface area contributed by atoms with Crippen LogP contribution in [0.25, 0.3) is 11.2 Å². The van der Waals surface area contributed by atoms with Gasteiger partial charge in [-0.05, 0) is 31.6 Å². The first-order valence-electron chi connectivity index (χ1n) is 4.81. The highest BCUT2D eigenvalue weighted by molar-refractivity contribution is 5.75. The van der Waals surface area contributed by atoms with Crippen LogP contribution < -0.4 is 0 Å². The van der Waals surface area contributed by atoms with Crippen LogP contribution in [0.4, 0.5) is 0 Å². The van der Waals surface area contributed by atoms with E-state index < -0.39 is 0 Å². The Labute approximate surface area is 93.5 Å². The molecular weight excluding hydrogens is 200 g/mol. The number of aromatic amines is 1. The largest absolute Gasteiger partial charge is 0.341 e. The molecule has 0 aliphatic heterocycles. The molecule has 0 atom stereocenters. The highest BCUT2D eigenvalue weighted by Gasteiger charge is 2.14. The van der Waals surface area contributed by atoms with Crippen molar-refractivity contribution >= 4 is 11.2 Å². The fraction of sp³-hybridized carbons (Fsp3) is 0. The number of aromatic nitrogens is 4. The van der Waals surface area contributed by atoms with Gasteiger partial charge in [-0.15, -0.1) is 0 Å². The first-order valence-corrected chi connectivity index (χ1v) is 4.81. The third-order valence-electron chi connectivity index (χ3n) is 2.21. The number of H-pyrrole nitrogens is 1. The molecule has 0 saturated heterocycles. The van der Waals surface area contributed by atoms with E-state index in [2.05, 4.69) is 31.8 Å². The molecular formula is C12H7N4. The lowest BCUT2D eigenvalue weighted by Gasteiger charge is -1.94. The molecule has 75 valence electrons. The van der Waals surface area contributed by atoms with Crippen molar-refractivity contribution in [1.29, 1.82) is 0 Å². The lowest BCUT2D eigenvalue weighted by atomic mass is 10.1. The summed E-state index contributed by atoms with van der Waals surface area (Å²) in [7, 11) is 0.